The minimum Gasteiger partial charge on any atom is -0.450 e. The number of benzene rings is 3. The highest BCUT2D eigenvalue weighted by atomic mass is 19.1. The number of amides is 1. The second kappa shape index (κ2) is 13.9. The van der Waals surface area contributed by atoms with E-state index in [-0.39, 0.29) is 31.2 Å². The standard InChI is InChI=1S/C33H35FN2O6/c1-21(2)30-29(32(39)35-25-11-7-4-8-12-25)28(22-9-5-3-6-10-22)31(23-13-15-24(34)16-14-23)36(30)18-17-26(37)19-27(38)20-42-33(40)41/h3-16,21,26-27,37-38H,17-20H2,1-2H3,(H,35,39)(H,40,41)/t26-,27-/m1/s1. The molecule has 9 heteroatoms. The Bertz CT molecular complexity index is 1490. The summed E-state index contributed by atoms with van der Waals surface area (Å²) in [7, 11) is 0. The Kier molecular flexibility index (Phi) is 10.1. The highest BCUT2D eigenvalue weighted by Gasteiger charge is 2.31. The number of nitrogens with one attached hydrogen (secondary N) is 1. The molecule has 0 saturated carbocycles. The molecule has 8 nitrogen and oxygen atoms in total. The van der Waals surface area contributed by atoms with E-state index < -0.39 is 30.8 Å². The van der Waals surface area contributed by atoms with Gasteiger partial charge < -0.3 is 29.9 Å². The molecule has 1 aromatic heterocycles. The number of aliphatic hydroxyl groups excluding tert-OH is 2. The zero-order valence-corrected chi connectivity index (χ0v) is 23.5. The molecule has 42 heavy (non-hydrogen) atoms. The fourth-order valence-electron chi connectivity index (χ4n) is 5.15. The van der Waals surface area contributed by atoms with E-state index in [4.69, 9.17) is 5.11 Å². The number of aliphatic hydroxyl groups is 2. The third kappa shape index (κ3) is 7.43. The van der Waals surface area contributed by atoms with Crippen molar-refractivity contribution < 1.29 is 34.0 Å². The Balaban J connectivity index is 1.85. The highest BCUT2D eigenvalue weighted by Crippen LogP contribution is 2.42. The van der Waals surface area contributed by atoms with Gasteiger partial charge >= 0.3 is 6.16 Å². The fraction of sp³-hybridized carbons (Fsp3) is 0.273. The summed E-state index contributed by atoms with van der Waals surface area (Å²) in [4.78, 5) is 24.7. The van der Waals surface area contributed by atoms with Crippen molar-refractivity contribution in [1.29, 1.82) is 0 Å². The SMILES string of the molecule is CC(C)c1c(C(=O)Nc2ccccc2)c(-c2ccccc2)c(-c2ccc(F)cc2)n1CC[C@@H](O)C[C@@H](O)COC(=O)O. The number of para-hydroxylation sites is 1. The second-order valence-corrected chi connectivity index (χ2v) is 10.4. The predicted octanol–water partition coefficient (Wildman–Crippen LogP) is 6.53. The quantitative estimate of drug-likeness (QED) is 0.143. The van der Waals surface area contributed by atoms with Crippen LogP contribution < -0.4 is 5.32 Å². The predicted molar refractivity (Wildman–Crippen MR) is 159 cm³/mol. The van der Waals surface area contributed by atoms with Crippen molar-refractivity contribution >= 4 is 17.7 Å². The van der Waals surface area contributed by atoms with Gasteiger partial charge in [0, 0.05) is 29.9 Å². The van der Waals surface area contributed by atoms with Gasteiger partial charge in [0.2, 0.25) is 0 Å². The first kappa shape index (κ1) is 30.5. The van der Waals surface area contributed by atoms with E-state index in [1.807, 2.05) is 79.1 Å². The molecular weight excluding hydrogens is 539 g/mol. The lowest BCUT2D eigenvalue weighted by Crippen LogP contribution is -2.25. The Morgan fingerprint density at radius 3 is 2.10 bits per heavy atom. The number of hydrogen-bond acceptors (Lipinski definition) is 5. The van der Waals surface area contributed by atoms with Gasteiger partial charge in [0.05, 0.1) is 23.5 Å². The number of anilines is 1. The molecule has 4 rings (SSSR count). The third-order valence-corrected chi connectivity index (χ3v) is 6.92. The van der Waals surface area contributed by atoms with Crippen molar-refractivity contribution in [2.24, 2.45) is 0 Å². The third-order valence-electron chi connectivity index (χ3n) is 6.92. The number of halogens is 1. The van der Waals surface area contributed by atoms with Crippen LogP contribution in [0.5, 0.6) is 0 Å². The van der Waals surface area contributed by atoms with Gasteiger partial charge in [-0.25, -0.2) is 9.18 Å². The molecule has 0 saturated heterocycles. The van der Waals surface area contributed by atoms with E-state index in [1.54, 1.807) is 12.1 Å². The maximum absolute atomic E-state index is 14.1. The van der Waals surface area contributed by atoms with Crippen LogP contribution in [0.3, 0.4) is 0 Å². The second-order valence-electron chi connectivity index (χ2n) is 10.4. The lowest BCUT2D eigenvalue weighted by molar-refractivity contribution is 0.0120. The van der Waals surface area contributed by atoms with Gasteiger partial charge in [0.15, 0.2) is 0 Å². The van der Waals surface area contributed by atoms with Crippen molar-refractivity contribution in [3.8, 4) is 22.4 Å². The molecule has 0 unspecified atom stereocenters. The fourth-order valence-corrected chi connectivity index (χ4v) is 5.15. The molecule has 0 aliphatic heterocycles. The number of carbonyl (C=O) groups is 2. The van der Waals surface area contributed by atoms with Crippen LogP contribution in [-0.2, 0) is 11.3 Å². The number of carboxylic acid groups (broad SMARTS) is 1. The molecule has 0 radical (unpaired) electrons. The maximum atomic E-state index is 14.1. The molecule has 4 N–H and O–H groups in total. The summed E-state index contributed by atoms with van der Waals surface area (Å²) >= 11 is 0. The van der Waals surface area contributed by atoms with E-state index in [0.29, 0.717) is 28.1 Å². The van der Waals surface area contributed by atoms with Crippen LogP contribution in [0, 0.1) is 5.82 Å². The number of ether oxygens (including phenoxy) is 1. The summed E-state index contributed by atoms with van der Waals surface area (Å²) in [5.74, 6) is -0.810. The van der Waals surface area contributed by atoms with E-state index >= 15 is 0 Å². The van der Waals surface area contributed by atoms with Crippen LogP contribution in [0.4, 0.5) is 14.9 Å². The van der Waals surface area contributed by atoms with Crippen LogP contribution >= 0.6 is 0 Å². The van der Waals surface area contributed by atoms with Crippen LogP contribution in [0.1, 0.15) is 48.7 Å². The zero-order chi connectivity index (χ0) is 30.2. The number of rotatable bonds is 12. The number of carbonyl (C=O) groups excluding carboxylic acids is 1. The summed E-state index contributed by atoms with van der Waals surface area (Å²) in [5.41, 5.74) is 4.74. The topological polar surface area (TPSA) is 121 Å². The molecule has 0 bridgehead atoms. The van der Waals surface area contributed by atoms with Crippen LogP contribution in [0.2, 0.25) is 0 Å². The molecule has 0 spiro atoms. The number of nitrogens with zero attached hydrogens (tertiary/aromatic N) is 1. The summed E-state index contributed by atoms with van der Waals surface area (Å²) in [6, 6.07) is 24.7. The van der Waals surface area contributed by atoms with Gasteiger partial charge in [0.1, 0.15) is 12.4 Å². The normalized spacial score (nSPS) is 12.6. The van der Waals surface area contributed by atoms with Crippen molar-refractivity contribution in [3.63, 3.8) is 0 Å². The van der Waals surface area contributed by atoms with Crippen LogP contribution in [0.25, 0.3) is 22.4 Å². The Hall–Kier alpha value is -4.47. The Morgan fingerprint density at radius 2 is 1.50 bits per heavy atom. The van der Waals surface area contributed by atoms with Gasteiger partial charge in [-0.3, -0.25) is 4.79 Å². The summed E-state index contributed by atoms with van der Waals surface area (Å²) in [6.45, 7) is 3.79. The lowest BCUT2D eigenvalue weighted by atomic mass is 9.94. The molecule has 1 amide bonds. The van der Waals surface area contributed by atoms with Crippen molar-refractivity contribution in [1.82, 2.24) is 4.57 Å². The molecule has 0 aliphatic rings. The van der Waals surface area contributed by atoms with Gasteiger partial charge in [-0.1, -0.05) is 62.4 Å². The first-order chi connectivity index (χ1) is 20.2. The van der Waals surface area contributed by atoms with E-state index in [9.17, 15) is 24.2 Å². The molecule has 4 aromatic rings. The molecule has 2 atom stereocenters. The number of aromatic nitrogens is 1. The van der Waals surface area contributed by atoms with E-state index in [1.165, 1.54) is 12.1 Å². The molecule has 0 aliphatic carbocycles. The monoisotopic (exact) mass is 574 g/mol. The van der Waals surface area contributed by atoms with Crippen LogP contribution in [-0.4, -0.2) is 50.8 Å². The maximum Gasteiger partial charge on any atom is 0.505 e. The van der Waals surface area contributed by atoms with E-state index in [2.05, 4.69) is 10.1 Å². The average Bonchev–Trinajstić information content (AvgIpc) is 3.32. The minimum atomic E-state index is -1.50. The summed E-state index contributed by atoms with van der Waals surface area (Å²) < 4.78 is 20.4. The van der Waals surface area contributed by atoms with Gasteiger partial charge in [0.25, 0.3) is 5.91 Å². The van der Waals surface area contributed by atoms with Gasteiger partial charge in [-0.15, -0.1) is 0 Å². The first-order valence-electron chi connectivity index (χ1n) is 13.8. The average molecular weight is 575 g/mol. The largest absolute Gasteiger partial charge is 0.505 e. The molecule has 3 aromatic carbocycles. The minimum absolute atomic E-state index is 0.0929. The molecular formula is C33H35FN2O6. The summed E-state index contributed by atoms with van der Waals surface area (Å²) in [5, 5.41) is 32.6. The zero-order valence-electron chi connectivity index (χ0n) is 23.5. The van der Waals surface area contributed by atoms with Gasteiger partial charge in [-0.2, -0.15) is 0 Å². The number of hydrogen-bond donors (Lipinski definition) is 4. The highest BCUT2D eigenvalue weighted by molar-refractivity contribution is 6.12. The molecule has 1 heterocycles. The lowest BCUT2D eigenvalue weighted by Gasteiger charge is -2.20. The van der Waals surface area contributed by atoms with Crippen LogP contribution in [0.15, 0.2) is 84.9 Å². The summed E-state index contributed by atoms with van der Waals surface area (Å²) in [6.07, 6.45) is -3.56. The van der Waals surface area contributed by atoms with Crippen molar-refractivity contribution in [2.75, 3.05) is 11.9 Å². The van der Waals surface area contributed by atoms with Gasteiger partial charge in [-0.05, 0) is 59.9 Å². The Morgan fingerprint density at radius 1 is 0.881 bits per heavy atom. The first-order valence-corrected chi connectivity index (χ1v) is 13.8. The van der Waals surface area contributed by atoms with E-state index in [0.717, 1.165) is 11.3 Å². The molecule has 0 fully saturated rings. The molecule has 220 valence electrons. The smallest absolute Gasteiger partial charge is 0.450 e. The van der Waals surface area contributed by atoms with Crippen molar-refractivity contribution in [3.05, 3.63) is 102 Å². The Labute approximate surface area is 244 Å². The van der Waals surface area contributed by atoms with Crippen molar-refractivity contribution in [2.45, 2.75) is 51.4 Å².